The molecule has 0 bridgehead atoms. The third-order valence-electron chi connectivity index (χ3n) is 2.54. The molecule has 1 aromatic heterocycles. The maximum atomic E-state index is 12.3. The average molecular weight is 328 g/mol. The Balaban J connectivity index is 2.50. The monoisotopic (exact) mass is 327 g/mol. The second-order valence-corrected chi connectivity index (χ2v) is 6.08. The number of sulfonamides is 1. The van der Waals surface area contributed by atoms with Gasteiger partial charge in [-0.1, -0.05) is 11.6 Å². The number of pyridine rings is 1. The van der Waals surface area contributed by atoms with E-state index >= 15 is 0 Å². The topological polar surface area (TPSA) is 122 Å². The number of anilines is 2. The van der Waals surface area contributed by atoms with Crippen LogP contribution < -0.4 is 10.5 Å². The van der Waals surface area contributed by atoms with Gasteiger partial charge >= 0.3 is 5.97 Å². The Morgan fingerprint density at radius 1 is 1.33 bits per heavy atom. The van der Waals surface area contributed by atoms with Crippen LogP contribution in [0.4, 0.5) is 11.4 Å². The minimum Gasteiger partial charge on any atom is -0.478 e. The number of nitrogens with one attached hydrogen (secondary N) is 1. The maximum Gasteiger partial charge on any atom is 0.337 e. The van der Waals surface area contributed by atoms with Crippen molar-refractivity contribution >= 4 is 39.0 Å². The maximum absolute atomic E-state index is 12.3. The van der Waals surface area contributed by atoms with Crippen LogP contribution in [0.1, 0.15) is 10.4 Å². The predicted molar refractivity (Wildman–Crippen MR) is 77.9 cm³/mol. The lowest BCUT2D eigenvalue weighted by Gasteiger charge is -2.11. The van der Waals surface area contributed by atoms with Crippen LogP contribution in [0.3, 0.4) is 0 Å². The summed E-state index contributed by atoms with van der Waals surface area (Å²) in [4.78, 5) is 14.5. The summed E-state index contributed by atoms with van der Waals surface area (Å²) in [7, 11) is -4.14. The second kappa shape index (κ2) is 5.58. The number of rotatable bonds is 4. The van der Waals surface area contributed by atoms with Crippen molar-refractivity contribution in [3.05, 3.63) is 47.2 Å². The first-order valence-electron chi connectivity index (χ1n) is 5.56. The Kier molecular flexibility index (Phi) is 4.01. The molecule has 0 radical (unpaired) electrons. The zero-order valence-electron chi connectivity index (χ0n) is 10.4. The third-order valence-corrected chi connectivity index (χ3v) is 4.29. The average Bonchev–Trinajstić information content (AvgIpc) is 2.40. The number of halogens is 1. The summed E-state index contributed by atoms with van der Waals surface area (Å²) < 4.78 is 26.8. The van der Waals surface area contributed by atoms with Crippen LogP contribution in [0.25, 0.3) is 0 Å². The first kappa shape index (κ1) is 15.1. The number of hydrogen-bond acceptors (Lipinski definition) is 5. The summed E-state index contributed by atoms with van der Waals surface area (Å²) in [6.07, 6.45) is 2.61. The number of nitrogen functional groups attached to an aromatic ring is 1. The summed E-state index contributed by atoms with van der Waals surface area (Å²) in [5.74, 6) is -1.40. The van der Waals surface area contributed by atoms with Gasteiger partial charge in [-0.25, -0.2) is 13.2 Å². The van der Waals surface area contributed by atoms with E-state index in [9.17, 15) is 13.2 Å². The molecule has 0 saturated carbocycles. The van der Waals surface area contributed by atoms with Gasteiger partial charge in [0.2, 0.25) is 0 Å². The van der Waals surface area contributed by atoms with Crippen LogP contribution in [-0.4, -0.2) is 24.5 Å². The van der Waals surface area contributed by atoms with Gasteiger partial charge in [0.15, 0.2) is 0 Å². The van der Waals surface area contributed by atoms with E-state index in [1.54, 1.807) is 0 Å². The van der Waals surface area contributed by atoms with Gasteiger partial charge < -0.3 is 10.8 Å². The predicted octanol–water partition coefficient (Wildman–Crippen LogP) is 1.82. The molecule has 9 heteroatoms. The normalized spacial score (nSPS) is 11.1. The van der Waals surface area contributed by atoms with Crippen LogP contribution in [-0.2, 0) is 10.0 Å². The summed E-state index contributed by atoms with van der Waals surface area (Å²) >= 11 is 5.84. The van der Waals surface area contributed by atoms with Gasteiger partial charge in [-0.2, -0.15) is 0 Å². The molecule has 4 N–H and O–H groups in total. The standard InChI is InChI=1S/C12H10ClN3O4S/c13-9-3-4-15-6-10(9)16-21(19,20)11-2-1-7(14)5-8(11)12(17)18/h1-6,16H,14H2,(H,17,18). The van der Waals surface area contributed by atoms with E-state index in [0.29, 0.717) is 0 Å². The van der Waals surface area contributed by atoms with Crippen LogP contribution in [0.2, 0.25) is 5.02 Å². The molecule has 2 aromatic rings. The molecule has 0 aliphatic rings. The van der Waals surface area contributed by atoms with Crippen molar-refractivity contribution in [1.82, 2.24) is 4.98 Å². The molecule has 1 heterocycles. The third kappa shape index (κ3) is 3.23. The van der Waals surface area contributed by atoms with Gasteiger partial charge in [0.05, 0.1) is 22.5 Å². The highest BCUT2D eigenvalue weighted by Crippen LogP contribution is 2.25. The number of carbonyl (C=O) groups is 1. The molecular weight excluding hydrogens is 318 g/mol. The Bertz CT molecular complexity index is 808. The SMILES string of the molecule is Nc1ccc(S(=O)(=O)Nc2cnccc2Cl)c(C(=O)O)c1. The van der Waals surface area contributed by atoms with Crippen molar-refractivity contribution in [2.24, 2.45) is 0 Å². The fraction of sp³-hybridized carbons (Fsp3) is 0. The van der Waals surface area contributed by atoms with E-state index < -0.39 is 26.5 Å². The summed E-state index contributed by atoms with van der Waals surface area (Å²) in [6.45, 7) is 0. The number of carboxylic acid groups (broad SMARTS) is 1. The van der Waals surface area contributed by atoms with E-state index in [4.69, 9.17) is 22.4 Å². The molecule has 0 saturated heterocycles. The molecule has 21 heavy (non-hydrogen) atoms. The number of aromatic carboxylic acids is 1. The van der Waals surface area contributed by atoms with Crippen LogP contribution >= 0.6 is 11.6 Å². The molecule has 0 fully saturated rings. The number of nitrogens with two attached hydrogens (primary N) is 1. The molecule has 0 atom stereocenters. The minimum atomic E-state index is -4.14. The number of hydrogen-bond donors (Lipinski definition) is 3. The number of carboxylic acids is 1. The molecule has 0 amide bonds. The fourth-order valence-electron chi connectivity index (χ4n) is 1.60. The Morgan fingerprint density at radius 3 is 2.67 bits per heavy atom. The molecule has 0 aliphatic carbocycles. The van der Waals surface area contributed by atoms with Gasteiger partial charge in [0, 0.05) is 11.9 Å². The van der Waals surface area contributed by atoms with Crippen molar-refractivity contribution < 1.29 is 18.3 Å². The highest BCUT2D eigenvalue weighted by atomic mass is 35.5. The van der Waals surface area contributed by atoms with Crippen molar-refractivity contribution in [2.45, 2.75) is 4.90 Å². The van der Waals surface area contributed by atoms with E-state index in [1.807, 2.05) is 0 Å². The zero-order valence-corrected chi connectivity index (χ0v) is 12.0. The van der Waals surface area contributed by atoms with Gasteiger partial charge in [-0.3, -0.25) is 9.71 Å². The molecule has 0 spiro atoms. The van der Waals surface area contributed by atoms with Gasteiger partial charge in [0.25, 0.3) is 10.0 Å². The zero-order chi connectivity index (χ0) is 15.6. The quantitative estimate of drug-likeness (QED) is 0.736. The van der Waals surface area contributed by atoms with Gasteiger partial charge in [-0.15, -0.1) is 0 Å². The number of aromatic nitrogens is 1. The Labute approximate surface area is 125 Å². The number of nitrogens with zero attached hydrogens (tertiary/aromatic N) is 1. The van der Waals surface area contributed by atoms with E-state index in [-0.39, 0.29) is 16.4 Å². The summed E-state index contributed by atoms with van der Waals surface area (Å²) in [6, 6.07) is 4.89. The minimum absolute atomic E-state index is 0.0485. The largest absolute Gasteiger partial charge is 0.478 e. The first-order valence-corrected chi connectivity index (χ1v) is 7.42. The lowest BCUT2D eigenvalue weighted by Crippen LogP contribution is -2.17. The smallest absolute Gasteiger partial charge is 0.337 e. The van der Waals surface area contributed by atoms with Crippen molar-refractivity contribution in [2.75, 3.05) is 10.5 Å². The highest BCUT2D eigenvalue weighted by Gasteiger charge is 2.23. The second-order valence-electron chi connectivity index (χ2n) is 4.02. The van der Waals surface area contributed by atoms with Gasteiger partial charge in [0.1, 0.15) is 4.90 Å². The molecule has 1 aromatic carbocycles. The van der Waals surface area contributed by atoms with Crippen LogP contribution in [0.5, 0.6) is 0 Å². The van der Waals surface area contributed by atoms with Crippen LogP contribution in [0.15, 0.2) is 41.6 Å². The first-order chi connectivity index (χ1) is 9.81. The number of benzene rings is 1. The summed E-state index contributed by atoms with van der Waals surface area (Å²) in [5, 5.41) is 9.23. The fourth-order valence-corrected chi connectivity index (χ4v) is 3.05. The molecule has 7 nitrogen and oxygen atoms in total. The Hall–Kier alpha value is -2.32. The van der Waals surface area contributed by atoms with E-state index in [2.05, 4.69) is 9.71 Å². The van der Waals surface area contributed by atoms with Gasteiger partial charge in [-0.05, 0) is 24.3 Å². The Morgan fingerprint density at radius 2 is 2.05 bits per heavy atom. The van der Waals surface area contributed by atoms with E-state index in [0.717, 1.165) is 12.1 Å². The molecule has 2 rings (SSSR count). The van der Waals surface area contributed by atoms with Crippen molar-refractivity contribution in [1.29, 1.82) is 0 Å². The van der Waals surface area contributed by atoms with Crippen molar-refractivity contribution in [3.63, 3.8) is 0 Å². The van der Waals surface area contributed by atoms with Crippen LogP contribution in [0, 0.1) is 0 Å². The van der Waals surface area contributed by atoms with Crippen molar-refractivity contribution in [3.8, 4) is 0 Å². The molecule has 0 aliphatic heterocycles. The molecule has 110 valence electrons. The molecular formula is C12H10ClN3O4S. The lowest BCUT2D eigenvalue weighted by molar-refractivity contribution is 0.0692. The summed E-state index contributed by atoms with van der Waals surface area (Å²) in [5.41, 5.74) is 5.24. The molecule has 0 unspecified atom stereocenters. The highest BCUT2D eigenvalue weighted by molar-refractivity contribution is 7.92. The van der Waals surface area contributed by atoms with E-state index in [1.165, 1.54) is 24.5 Å². The lowest BCUT2D eigenvalue weighted by atomic mass is 10.2.